The van der Waals surface area contributed by atoms with Crippen molar-refractivity contribution < 1.29 is 22.8 Å². The van der Waals surface area contributed by atoms with Crippen molar-refractivity contribution >= 4 is 17.5 Å². The fourth-order valence-electron chi connectivity index (χ4n) is 5.74. The Kier molecular flexibility index (Phi) is 7.65. The van der Waals surface area contributed by atoms with E-state index in [9.17, 15) is 14.0 Å². The maximum Gasteiger partial charge on any atom is 0.274 e. The molecule has 3 atom stereocenters. The number of halogens is 3. The molecular formula is C29H30F3N5O2. The fourth-order valence-corrected chi connectivity index (χ4v) is 5.74. The minimum Gasteiger partial charge on any atom is -0.338 e. The smallest absolute Gasteiger partial charge is 0.274 e. The summed E-state index contributed by atoms with van der Waals surface area (Å²) in [7, 11) is 0. The van der Waals surface area contributed by atoms with E-state index in [0.29, 0.717) is 31.0 Å². The largest absolute Gasteiger partial charge is 0.338 e. The number of nitrogens with one attached hydrogen (secondary N) is 1. The van der Waals surface area contributed by atoms with Crippen LogP contribution in [-0.4, -0.2) is 39.3 Å². The van der Waals surface area contributed by atoms with Crippen LogP contribution in [0.15, 0.2) is 42.7 Å². The monoisotopic (exact) mass is 537 g/mol. The van der Waals surface area contributed by atoms with Crippen LogP contribution in [0.2, 0.25) is 0 Å². The Morgan fingerprint density at radius 1 is 1.10 bits per heavy atom. The third-order valence-corrected chi connectivity index (χ3v) is 7.48. The van der Waals surface area contributed by atoms with Crippen molar-refractivity contribution in [1.82, 2.24) is 14.9 Å². The van der Waals surface area contributed by atoms with E-state index in [4.69, 9.17) is 5.73 Å². The van der Waals surface area contributed by atoms with E-state index in [1.165, 1.54) is 11.1 Å². The number of hydrogen-bond donors (Lipinski definition) is 2. The molecular weight excluding hydrogens is 507 g/mol. The van der Waals surface area contributed by atoms with Crippen molar-refractivity contribution in [3.05, 3.63) is 77.0 Å². The number of pyridine rings is 2. The van der Waals surface area contributed by atoms with E-state index < -0.39 is 34.6 Å². The normalized spacial score (nSPS) is 21.3. The van der Waals surface area contributed by atoms with Crippen LogP contribution in [0.5, 0.6) is 0 Å². The molecule has 39 heavy (non-hydrogen) atoms. The molecule has 0 unspecified atom stereocenters. The van der Waals surface area contributed by atoms with Crippen molar-refractivity contribution in [3.8, 4) is 11.3 Å². The lowest BCUT2D eigenvalue weighted by Crippen LogP contribution is -2.31. The summed E-state index contributed by atoms with van der Waals surface area (Å²) in [5.74, 6) is -3.21. The summed E-state index contributed by atoms with van der Waals surface area (Å²) in [4.78, 5) is 34.7. The molecule has 1 saturated heterocycles. The quantitative estimate of drug-likeness (QED) is 0.452. The van der Waals surface area contributed by atoms with Gasteiger partial charge in [0, 0.05) is 31.7 Å². The Hall–Kier alpha value is -3.79. The van der Waals surface area contributed by atoms with Crippen molar-refractivity contribution in [2.45, 2.75) is 57.5 Å². The number of carbonyl (C=O) groups is 2. The van der Waals surface area contributed by atoms with E-state index in [2.05, 4.69) is 22.2 Å². The second-order valence-corrected chi connectivity index (χ2v) is 10.6. The van der Waals surface area contributed by atoms with Gasteiger partial charge in [0.25, 0.3) is 5.91 Å². The van der Waals surface area contributed by atoms with Crippen LogP contribution in [0.25, 0.3) is 11.3 Å². The zero-order chi connectivity index (χ0) is 27.7. The van der Waals surface area contributed by atoms with Crippen molar-refractivity contribution in [2.24, 2.45) is 11.7 Å². The third kappa shape index (κ3) is 5.80. The fraction of sp³-hybridized carbons (Fsp3) is 0.379. The highest BCUT2D eigenvalue weighted by molar-refractivity contribution is 6.03. The highest BCUT2D eigenvalue weighted by atomic mass is 19.1. The van der Waals surface area contributed by atoms with E-state index in [1.807, 2.05) is 6.07 Å². The highest BCUT2D eigenvalue weighted by Gasteiger charge is 2.28. The van der Waals surface area contributed by atoms with Gasteiger partial charge in [-0.1, -0.05) is 6.92 Å². The second kappa shape index (κ2) is 11.1. The molecule has 10 heteroatoms. The van der Waals surface area contributed by atoms with Gasteiger partial charge in [0.15, 0.2) is 0 Å². The van der Waals surface area contributed by atoms with Gasteiger partial charge in [-0.3, -0.25) is 14.6 Å². The Labute approximate surface area is 224 Å². The van der Waals surface area contributed by atoms with Gasteiger partial charge in [-0.2, -0.15) is 0 Å². The molecule has 0 bridgehead atoms. The average Bonchev–Trinajstić information content (AvgIpc) is 3.28. The predicted octanol–water partition coefficient (Wildman–Crippen LogP) is 5.17. The molecule has 3 heterocycles. The van der Waals surface area contributed by atoms with Crippen molar-refractivity contribution in [2.75, 3.05) is 11.9 Å². The number of hydrogen-bond acceptors (Lipinski definition) is 5. The van der Waals surface area contributed by atoms with Gasteiger partial charge >= 0.3 is 0 Å². The molecule has 5 rings (SSSR count). The first kappa shape index (κ1) is 26.8. The summed E-state index contributed by atoms with van der Waals surface area (Å²) in [6.07, 6.45) is 6.91. The van der Waals surface area contributed by atoms with Crippen LogP contribution >= 0.6 is 0 Å². The molecule has 2 aliphatic rings. The van der Waals surface area contributed by atoms with E-state index in [-0.39, 0.29) is 35.7 Å². The molecule has 1 aromatic carbocycles. The topological polar surface area (TPSA) is 101 Å². The summed E-state index contributed by atoms with van der Waals surface area (Å²) in [6.45, 7) is 2.72. The first-order valence-electron chi connectivity index (χ1n) is 13.1. The van der Waals surface area contributed by atoms with Gasteiger partial charge in [0.05, 0.1) is 17.4 Å². The first-order valence-corrected chi connectivity index (χ1v) is 13.1. The van der Waals surface area contributed by atoms with Crippen LogP contribution in [0.1, 0.15) is 66.6 Å². The SMILES string of the molecule is C[C@@H]1C[C@H](N)C[C@H](c2ccncc2NC(=O)c2ccc(F)c(-c3c(F)cc(CN4CCCC4=O)cc3F)n2)C1. The molecule has 2 amide bonds. The summed E-state index contributed by atoms with van der Waals surface area (Å²) in [5, 5.41) is 2.78. The molecule has 2 fully saturated rings. The number of nitrogens with two attached hydrogens (primary N) is 1. The molecule has 3 N–H and O–H groups in total. The van der Waals surface area contributed by atoms with E-state index >= 15 is 8.78 Å². The minimum atomic E-state index is -1.03. The molecule has 2 aromatic heterocycles. The van der Waals surface area contributed by atoms with Crippen molar-refractivity contribution in [1.29, 1.82) is 0 Å². The number of carbonyl (C=O) groups excluding carboxylic acids is 2. The number of amides is 2. The average molecular weight is 538 g/mol. The summed E-state index contributed by atoms with van der Waals surface area (Å²) < 4.78 is 44.9. The molecule has 204 valence electrons. The molecule has 1 aliphatic heterocycles. The standard InChI is InChI=1S/C29H30F3N5O2/c1-16-9-18(13-19(33)10-16)20-6-7-34-14-25(20)36-29(39)24-5-4-21(30)28(35-24)27-22(31)11-17(12-23(27)32)15-37-8-2-3-26(37)38/h4-7,11-12,14,16,18-19H,2-3,8-10,13,15,33H2,1H3,(H,36,39)/t16-,18+,19-/m0/s1. The number of benzene rings is 1. The molecule has 0 spiro atoms. The predicted molar refractivity (Wildman–Crippen MR) is 140 cm³/mol. The number of rotatable bonds is 6. The first-order chi connectivity index (χ1) is 18.7. The lowest BCUT2D eigenvalue weighted by molar-refractivity contribution is -0.128. The Morgan fingerprint density at radius 2 is 1.87 bits per heavy atom. The highest BCUT2D eigenvalue weighted by Crippen LogP contribution is 2.38. The zero-order valence-electron chi connectivity index (χ0n) is 21.6. The van der Waals surface area contributed by atoms with Gasteiger partial charge < -0.3 is 16.0 Å². The summed E-state index contributed by atoms with van der Waals surface area (Å²) in [6, 6.07) is 6.15. The number of likely N-dealkylation sites (tertiary alicyclic amines) is 1. The molecule has 3 aromatic rings. The van der Waals surface area contributed by atoms with Gasteiger partial charge in [-0.05, 0) is 79.0 Å². The van der Waals surface area contributed by atoms with Crippen molar-refractivity contribution in [3.63, 3.8) is 0 Å². The maximum absolute atomic E-state index is 15.1. The maximum atomic E-state index is 15.1. The number of nitrogens with zero attached hydrogens (tertiary/aromatic N) is 3. The molecule has 7 nitrogen and oxygen atoms in total. The van der Waals surface area contributed by atoms with Crippen LogP contribution in [0.4, 0.5) is 18.9 Å². The van der Waals surface area contributed by atoms with Crippen LogP contribution in [-0.2, 0) is 11.3 Å². The summed E-state index contributed by atoms with van der Waals surface area (Å²) in [5.41, 5.74) is 6.37. The third-order valence-electron chi connectivity index (χ3n) is 7.48. The van der Waals surface area contributed by atoms with Crippen LogP contribution < -0.4 is 11.1 Å². The Bertz CT molecular complexity index is 1380. The van der Waals surface area contributed by atoms with Gasteiger partial charge in [-0.25, -0.2) is 18.2 Å². The van der Waals surface area contributed by atoms with Gasteiger partial charge in [0.1, 0.15) is 28.8 Å². The molecule has 0 radical (unpaired) electrons. The Morgan fingerprint density at radius 3 is 2.56 bits per heavy atom. The Balaban J connectivity index is 1.40. The van der Waals surface area contributed by atoms with Gasteiger partial charge in [-0.15, -0.1) is 0 Å². The second-order valence-electron chi connectivity index (χ2n) is 10.6. The number of anilines is 1. The molecule has 1 saturated carbocycles. The lowest BCUT2D eigenvalue weighted by Gasteiger charge is -2.32. The minimum absolute atomic E-state index is 0.0590. The van der Waals surface area contributed by atoms with E-state index in [0.717, 1.165) is 49.1 Å². The van der Waals surface area contributed by atoms with Crippen LogP contribution in [0, 0.1) is 23.4 Å². The lowest BCUT2D eigenvalue weighted by atomic mass is 9.76. The van der Waals surface area contributed by atoms with Crippen LogP contribution in [0.3, 0.4) is 0 Å². The number of aromatic nitrogens is 2. The van der Waals surface area contributed by atoms with Gasteiger partial charge in [0.2, 0.25) is 5.91 Å². The summed E-state index contributed by atoms with van der Waals surface area (Å²) >= 11 is 0. The zero-order valence-corrected chi connectivity index (χ0v) is 21.6. The van der Waals surface area contributed by atoms with E-state index in [1.54, 1.807) is 6.20 Å². The molecule has 1 aliphatic carbocycles.